The number of carbonyl (C=O) groups excluding carboxylic acids is 1. The summed E-state index contributed by atoms with van der Waals surface area (Å²) in [6.45, 7) is 2.84. The summed E-state index contributed by atoms with van der Waals surface area (Å²) >= 11 is 1.47. The zero-order chi connectivity index (χ0) is 16.4. The van der Waals surface area contributed by atoms with E-state index in [9.17, 15) is 13.2 Å². The van der Waals surface area contributed by atoms with Gasteiger partial charge in [-0.25, -0.2) is 18.1 Å². The Morgan fingerprint density at radius 2 is 2.35 bits per heavy atom. The summed E-state index contributed by atoms with van der Waals surface area (Å²) in [5.41, 5.74) is 0.773. The summed E-state index contributed by atoms with van der Waals surface area (Å²) in [4.78, 5) is 16.3. The van der Waals surface area contributed by atoms with Gasteiger partial charge in [0.05, 0.1) is 22.9 Å². The fraction of sp³-hybridized carbons (Fsp3) is 0.429. The molecule has 23 heavy (non-hydrogen) atoms. The monoisotopic (exact) mass is 356 g/mol. The average Bonchev–Trinajstić information content (AvgIpc) is 3.17. The molecule has 0 saturated carbocycles. The molecular formula is C14H16N2O5S2. The van der Waals surface area contributed by atoms with E-state index in [1.165, 1.54) is 23.7 Å². The predicted molar refractivity (Wildman–Crippen MR) is 84.7 cm³/mol. The molecular weight excluding hydrogens is 340 g/mol. The fourth-order valence-electron chi connectivity index (χ4n) is 2.33. The maximum Gasteiger partial charge on any atom is 0.268 e. The second kappa shape index (κ2) is 6.42. The van der Waals surface area contributed by atoms with Crippen LogP contribution in [-0.4, -0.2) is 38.3 Å². The predicted octanol–water partition coefficient (Wildman–Crippen LogP) is 1.81. The van der Waals surface area contributed by atoms with Crippen molar-refractivity contribution in [1.29, 1.82) is 0 Å². The van der Waals surface area contributed by atoms with E-state index in [2.05, 4.69) is 9.71 Å². The van der Waals surface area contributed by atoms with E-state index in [1.807, 2.05) is 12.3 Å². The molecule has 0 spiro atoms. The van der Waals surface area contributed by atoms with Crippen LogP contribution in [0.5, 0.6) is 0 Å². The van der Waals surface area contributed by atoms with E-state index < -0.39 is 15.9 Å². The second-order valence-electron chi connectivity index (χ2n) is 5.39. The molecule has 0 bridgehead atoms. The largest absolute Gasteiger partial charge is 0.462 e. The van der Waals surface area contributed by atoms with Crippen LogP contribution in [0.1, 0.15) is 21.8 Å². The zero-order valence-corrected chi connectivity index (χ0v) is 14.1. The highest BCUT2D eigenvalue weighted by molar-refractivity contribution is 7.90. The number of nitrogens with zero attached hydrogens (tertiary/aromatic N) is 1. The molecule has 1 aliphatic rings. The first-order valence-corrected chi connectivity index (χ1v) is 9.60. The molecule has 1 aliphatic heterocycles. The highest BCUT2D eigenvalue weighted by atomic mass is 32.2. The molecule has 124 valence electrons. The SMILES string of the molecule is Cc1nc(-c2cc(C(=O)NS(=O)(=O)CC3CCOC3)co2)cs1. The van der Waals surface area contributed by atoms with Gasteiger partial charge in [0.25, 0.3) is 5.91 Å². The van der Waals surface area contributed by atoms with Gasteiger partial charge in [-0.05, 0) is 19.4 Å². The van der Waals surface area contributed by atoms with Gasteiger partial charge in [-0.15, -0.1) is 11.3 Å². The molecule has 1 amide bonds. The lowest BCUT2D eigenvalue weighted by molar-refractivity contribution is 0.0980. The van der Waals surface area contributed by atoms with Crippen molar-refractivity contribution in [1.82, 2.24) is 9.71 Å². The van der Waals surface area contributed by atoms with Crippen LogP contribution in [0.4, 0.5) is 0 Å². The van der Waals surface area contributed by atoms with Crippen LogP contribution in [0.2, 0.25) is 0 Å². The molecule has 7 nitrogen and oxygen atoms in total. The number of hydrogen-bond donors (Lipinski definition) is 1. The van der Waals surface area contributed by atoms with E-state index in [0.717, 1.165) is 5.01 Å². The highest BCUT2D eigenvalue weighted by Gasteiger charge is 2.25. The van der Waals surface area contributed by atoms with Crippen LogP contribution in [0, 0.1) is 12.8 Å². The minimum absolute atomic E-state index is 0.0711. The lowest BCUT2D eigenvalue weighted by atomic mass is 10.2. The molecule has 3 rings (SSSR count). The quantitative estimate of drug-likeness (QED) is 0.877. The van der Waals surface area contributed by atoms with E-state index in [4.69, 9.17) is 9.15 Å². The molecule has 1 atom stereocenters. The summed E-state index contributed by atoms with van der Waals surface area (Å²) in [6, 6.07) is 1.48. The first kappa shape index (κ1) is 16.2. The molecule has 2 aromatic heterocycles. The number of furan rings is 1. The van der Waals surface area contributed by atoms with Gasteiger partial charge < -0.3 is 9.15 Å². The number of nitrogens with one attached hydrogen (secondary N) is 1. The number of rotatable bonds is 5. The third-order valence-corrected chi connectivity index (χ3v) is 5.64. The first-order valence-electron chi connectivity index (χ1n) is 7.06. The van der Waals surface area contributed by atoms with Crippen molar-refractivity contribution in [2.24, 2.45) is 5.92 Å². The maximum atomic E-state index is 12.1. The van der Waals surface area contributed by atoms with Crippen LogP contribution in [-0.2, 0) is 14.8 Å². The first-order chi connectivity index (χ1) is 10.9. The summed E-state index contributed by atoms with van der Waals surface area (Å²) in [5.74, 6) is -0.459. The Morgan fingerprint density at radius 3 is 3.00 bits per heavy atom. The zero-order valence-electron chi connectivity index (χ0n) is 12.4. The number of hydrogen-bond acceptors (Lipinski definition) is 7. The Morgan fingerprint density at radius 1 is 1.52 bits per heavy atom. The van der Waals surface area contributed by atoms with Crippen molar-refractivity contribution in [3.05, 3.63) is 28.3 Å². The summed E-state index contributed by atoms with van der Waals surface area (Å²) in [6.07, 6.45) is 1.92. The van der Waals surface area contributed by atoms with Gasteiger partial charge in [0, 0.05) is 17.9 Å². The minimum Gasteiger partial charge on any atom is -0.462 e. The van der Waals surface area contributed by atoms with Gasteiger partial charge in [-0.2, -0.15) is 0 Å². The molecule has 0 aromatic carbocycles. The molecule has 1 fully saturated rings. The summed E-state index contributed by atoms with van der Waals surface area (Å²) in [5, 5.41) is 2.69. The van der Waals surface area contributed by atoms with Crippen molar-refractivity contribution in [3.63, 3.8) is 0 Å². The molecule has 2 aromatic rings. The Balaban J connectivity index is 1.67. The van der Waals surface area contributed by atoms with Gasteiger partial charge in [-0.1, -0.05) is 0 Å². The third kappa shape index (κ3) is 3.98. The maximum absolute atomic E-state index is 12.1. The van der Waals surface area contributed by atoms with E-state index >= 15 is 0 Å². The Kier molecular flexibility index (Phi) is 4.51. The number of amides is 1. The van der Waals surface area contributed by atoms with Crippen molar-refractivity contribution >= 4 is 27.3 Å². The number of carbonyl (C=O) groups is 1. The van der Waals surface area contributed by atoms with Gasteiger partial charge in [0.15, 0.2) is 5.76 Å². The van der Waals surface area contributed by atoms with E-state index in [1.54, 1.807) is 0 Å². The summed E-state index contributed by atoms with van der Waals surface area (Å²) < 4.78 is 36.6. The lowest BCUT2D eigenvalue weighted by Crippen LogP contribution is -2.34. The van der Waals surface area contributed by atoms with Crippen LogP contribution in [0.3, 0.4) is 0 Å². The normalized spacial score (nSPS) is 18.2. The van der Waals surface area contributed by atoms with Crippen molar-refractivity contribution in [2.45, 2.75) is 13.3 Å². The van der Waals surface area contributed by atoms with Crippen LogP contribution in [0.15, 0.2) is 22.1 Å². The highest BCUT2D eigenvalue weighted by Crippen LogP contribution is 2.24. The number of sulfonamides is 1. The molecule has 1 N–H and O–H groups in total. The average molecular weight is 356 g/mol. The van der Waals surface area contributed by atoms with E-state index in [0.29, 0.717) is 31.1 Å². The summed E-state index contributed by atoms with van der Waals surface area (Å²) in [7, 11) is -3.70. The topological polar surface area (TPSA) is 98.5 Å². The van der Waals surface area contributed by atoms with Gasteiger partial charge in [0.2, 0.25) is 10.0 Å². The van der Waals surface area contributed by atoms with Crippen LogP contribution in [0.25, 0.3) is 11.5 Å². The molecule has 0 radical (unpaired) electrons. The number of aromatic nitrogens is 1. The van der Waals surface area contributed by atoms with Crippen molar-refractivity contribution in [2.75, 3.05) is 19.0 Å². The second-order valence-corrected chi connectivity index (χ2v) is 8.22. The Labute approximate surface area is 137 Å². The van der Waals surface area contributed by atoms with Crippen molar-refractivity contribution in [3.8, 4) is 11.5 Å². The molecule has 1 unspecified atom stereocenters. The standard InChI is InChI=1S/C14H16N2O5S2/c1-9-15-12(7-22-9)13-4-11(6-21-13)14(17)16-23(18,19)8-10-2-3-20-5-10/h4,6-7,10H,2-3,5,8H2,1H3,(H,16,17). The number of thiazole rings is 1. The molecule has 0 aliphatic carbocycles. The van der Waals surface area contributed by atoms with Gasteiger partial charge >= 0.3 is 0 Å². The Hall–Kier alpha value is -1.71. The van der Waals surface area contributed by atoms with Gasteiger partial charge in [0.1, 0.15) is 12.0 Å². The van der Waals surface area contributed by atoms with Gasteiger partial charge in [-0.3, -0.25) is 4.79 Å². The smallest absolute Gasteiger partial charge is 0.268 e. The van der Waals surface area contributed by atoms with Crippen molar-refractivity contribution < 1.29 is 22.4 Å². The van der Waals surface area contributed by atoms with Crippen LogP contribution >= 0.6 is 11.3 Å². The molecule has 9 heteroatoms. The minimum atomic E-state index is -3.70. The number of aryl methyl sites for hydroxylation is 1. The lowest BCUT2D eigenvalue weighted by Gasteiger charge is -2.09. The Bertz CT molecular complexity index is 803. The fourth-order valence-corrected chi connectivity index (χ4v) is 4.30. The van der Waals surface area contributed by atoms with E-state index in [-0.39, 0.29) is 17.2 Å². The van der Waals surface area contributed by atoms with Crippen LogP contribution < -0.4 is 4.72 Å². The molecule has 1 saturated heterocycles. The number of ether oxygens (including phenoxy) is 1. The molecule has 3 heterocycles. The third-order valence-electron chi connectivity index (χ3n) is 3.46.